The van der Waals surface area contributed by atoms with E-state index in [1.807, 2.05) is 0 Å². The number of benzene rings is 1. The molecule has 0 heterocycles. The van der Waals surface area contributed by atoms with Crippen LogP contribution in [0.15, 0.2) is 36.9 Å². The molecule has 0 bridgehead atoms. The Balaban J connectivity index is 2.62. The second kappa shape index (κ2) is 7.28. The monoisotopic (exact) mass is 281 g/mol. The van der Waals surface area contributed by atoms with Gasteiger partial charge >= 0.3 is 5.97 Å². The minimum Gasteiger partial charge on any atom is -0.481 e. The van der Waals surface area contributed by atoms with E-state index in [1.165, 1.54) is 31.2 Å². The zero-order valence-corrected chi connectivity index (χ0v) is 11.0. The average molecular weight is 281 g/mol. The van der Waals surface area contributed by atoms with Gasteiger partial charge < -0.3 is 15.2 Å². The molecule has 0 aromatic heterocycles. The molecule has 0 radical (unpaired) electrons. The van der Waals surface area contributed by atoms with Gasteiger partial charge in [-0.1, -0.05) is 12.1 Å². The highest BCUT2D eigenvalue weighted by atomic mass is 19.1. The highest BCUT2D eigenvalue weighted by Gasteiger charge is 2.22. The summed E-state index contributed by atoms with van der Waals surface area (Å²) in [7, 11) is 0. The summed E-state index contributed by atoms with van der Waals surface area (Å²) in [5.74, 6) is -2.03. The van der Waals surface area contributed by atoms with Gasteiger partial charge in [0.05, 0.1) is 0 Å². The third-order valence-corrected chi connectivity index (χ3v) is 2.50. The van der Waals surface area contributed by atoms with Crippen LogP contribution in [0.5, 0.6) is 5.75 Å². The quantitative estimate of drug-likeness (QED) is 0.746. The Morgan fingerprint density at radius 2 is 2.25 bits per heavy atom. The van der Waals surface area contributed by atoms with Gasteiger partial charge in [-0.05, 0) is 25.5 Å². The molecule has 0 saturated carbocycles. The minimum atomic E-state index is -1.16. The van der Waals surface area contributed by atoms with Gasteiger partial charge in [-0.2, -0.15) is 0 Å². The molecular weight excluding hydrogens is 265 g/mol. The van der Waals surface area contributed by atoms with E-state index in [4.69, 9.17) is 9.84 Å². The first-order valence-corrected chi connectivity index (χ1v) is 6.00. The molecule has 108 valence electrons. The molecule has 0 fully saturated rings. The fraction of sp³-hybridized carbons (Fsp3) is 0.286. The summed E-state index contributed by atoms with van der Waals surface area (Å²) in [5.41, 5.74) is 0. The molecule has 2 N–H and O–H groups in total. The van der Waals surface area contributed by atoms with Crippen molar-refractivity contribution in [2.24, 2.45) is 0 Å². The minimum absolute atomic E-state index is 0.105. The summed E-state index contributed by atoms with van der Waals surface area (Å²) < 4.78 is 18.2. The Hall–Kier alpha value is -2.37. The fourth-order valence-corrected chi connectivity index (χ4v) is 1.48. The first kappa shape index (κ1) is 15.7. The third-order valence-electron chi connectivity index (χ3n) is 2.50. The number of amides is 1. The lowest BCUT2D eigenvalue weighted by Gasteiger charge is -2.18. The highest BCUT2D eigenvalue weighted by molar-refractivity contribution is 5.86. The summed E-state index contributed by atoms with van der Waals surface area (Å²) in [5, 5.41) is 11.2. The number of carbonyl (C=O) groups is 2. The summed E-state index contributed by atoms with van der Waals surface area (Å²) in [6, 6.07) is 4.29. The summed E-state index contributed by atoms with van der Waals surface area (Å²) >= 11 is 0. The molecule has 1 aromatic rings. The number of carboxylic acid groups (broad SMARTS) is 1. The van der Waals surface area contributed by atoms with Crippen molar-refractivity contribution < 1.29 is 23.8 Å². The predicted octanol–water partition coefficient (Wildman–Crippen LogP) is 1.74. The van der Waals surface area contributed by atoms with E-state index < -0.39 is 29.8 Å². The Kier molecular flexibility index (Phi) is 5.71. The van der Waals surface area contributed by atoms with Crippen molar-refractivity contribution >= 4 is 11.9 Å². The maximum absolute atomic E-state index is 13.0. The van der Waals surface area contributed by atoms with Gasteiger partial charge in [0, 0.05) is 6.07 Å². The lowest BCUT2D eigenvalue weighted by Crippen LogP contribution is -2.46. The van der Waals surface area contributed by atoms with Gasteiger partial charge in [0.2, 0.25) is 0 Å². The van der Waals surface area contributed by atoms with Gasteiger partial charge in [0.25, 0.3) is 5.91 Å². The highest BCUT2D eigenvalue weighted by Crippen LogP contribution is 2.13. The molecule has 2 atom stereocenters. The van der Waals surface area contributed by atoms with Crippen molar-refractivity contribution in [3.05, 3.63) is 42.7 Å². The van der Waals surface area contributed by atoms with Gasteiger partial charge in [0.15, 0.2) is 6.10 Å². The van der Waals surface area contributed by atoms with Crippen LogP contribution in [0.4, 0.5) is 4.39 Å². The molecule has 0 spiro atoms. The molecule has 0 aliphatic heterocycles. The van der Waals surface area contributed by atoms with E-state index >= 15 is 0 Å². The van der Waals surface area contributed by atoms with Crippen molar-refractivity contribution in [2.45, 2.75) is 25.5 Å². The maximum atomic E-state index is 13.0. The number of ether oxygens (including phenoxy) is 1. The number of hydrogen-bond acceptors (Lipinski definition) is 3. The smallest absolute Gasteiger partial charge is 0.326 e. The maximum Gasteiger partial charge on any atom is 0.326 e. The molecule has 20 heavy (non-hydrogen) atoms. The van der Waals surface area contributed by atoms with Gasteiger partial charge in [0.1, 0.15) is 17.6 Å². The van der Waals surface area contributed by atoms with Crippen molar-refractivity contribution in [3.8, 4) is 5.75 Å². The first-order chi connectivity index (χ1) is 9.43. The normalized spacial score (nSPS) is 13.1. The lowest BCUT2D eigenvalue weighted by molar-refractivity contribution is -0.142. The second-order valence-corrected chi connectivity index (χ2v) is 4.14. The summed E-state index contributed by atoms with van der Waals surface area (Å²) in [4.78, 5) is 22.7. The molecule has 5 nitrogen and oxygen atoms in total. The van der Waals surface area contributed by atoms with Gasteiger partial charge in [-0.25, -0.2) is 9.18 Å². The molecule has 1 rings (SSSR count). The van der Waals surface area contributed by atoms with E-state index in [0.29, 0.717) is 0 Å². The van der Waals surface area contributed by atoms with Crippen LogP contribution in [-0.4, -0.2) is 29.1 Å². The Bertz CT molecular complexity index is 504. The van der Waals surface area contributed by atoms with Crippen LogP contribution in [-0.2, 0) is 9.59 Å². The molecule has 1 amide bonds. The Morgan fingerprint density at radius 3 is 2.80 bits per heavy atom. The van der Waals surface area contributed by atoms with E-state index in [2.05, 4.69) is 11.9 Å². The van der Waals surface area contributed by atoms with E-state index in [9.17, 15) is 14.0 Å². The van der Waals surface area contributed by atoms with Crippen LogP contribution in [0, 0.1) is 5.82 Å². The standard InChI is InChI=1S/C14H16FNO4/c1-3-5-12(14(18)19)16-13(17)9(2)20-11-7-4-6-10(15)8-11/h3-4,6-9,12H,1,5H2,2H3,(H,16,17)(H,18,19). The third kappa shape index (κ3) is 4.72. The van der Waals surface area contributed by atoms with E-state index in [-0.39, 0.29) is 12.2 Å². The summed E-state index contributed by atoms with van der Waals surface area (Å²) in [6.07, 6.45) is 0.564. The second-order valence-electron chi connectivity index (χ2n) is 4.14. The first-order valence-electron chi connectivity index (χ1n) is 6.00. The fourth-order valence-electron chi connectivity index (χ4n) is 1.48. The van der Waals surface area contributed by atoms with Crippen LogP contribution >= 0.6 is 0 Å². The van der Waals surface area contributed by atoms with Crippen LogP contribution < -0.4 is 10.1 Å². The summed E-state index contributed by atoms with van der Waals surface area (Å²) in [6.45, 7) is 4.88. The van der Waals surface area contributed by atoms with E-state index in [1.54, 1.807) is 0 Å². The number of rotatable bonds is 7. The van der Waals surface area contributed by atoms with Gasteiger partial charge in [-0.3, -0.25) is 4.79 Å². The molecule has 0 aliphatic rings. The zero-order valence-electron chi connectivity index (χ0n) is 11.0. The molecule has 6 heteroatoms. The van der Waals surface area contributed by atoms with Crippen LogP contribution in [0.1, 0.15) is 13.3 Å². The lowest BCUT2D eigenvalue weighted by atomic mass is 10.2. The Morgan fingerprint density at radius 1 is 1.55 bits per heavy atom. The molecule has 0 saturated heterocycles. The Labute approximate surface area is 116 Å². The molecule has 1 aromatic carbocycles. The molecule has 0 aliphatic carbocycles. The number of aliphatic carboxylic acids is 1. The molecular formula is C14H16FNO4. The van der Waals surface area contributed by atoms with Gasteiger partial charge in [-0.15, -0.1) is 6.58 Å². The van der Waals surface area contributed by atoms with E-state index in [0.717, 1.165) is 6.07 Å². The predicted molar refractivity (Wildman–Crippen MR) is 70.9 cm³/mol. The van der Waals surface area contributed by atoms with Crippen LogP contribution in [0.2, 0.25) is 0 Å². The average Bonchev–Trinajstić information content (AvgIpc) is 2.37. The number of halogens is 1. The SMILES string of the molecule is C=CCC(NC(=O)C(C)Oc1cccc(F)c1)C(=O)O. The number of carboxylic acids is 1. The number of nitrogens with one attached hydrogen (secondary N) is 1. The number of carbonyl (C=O) groups excluding carboxylic acids is 1. The van der Waals surface area contributed by atoms with Crippen molar-refractivity contribution in [2.75, 3.05) is 0 Å². The number of hydrogen-bond donors (Lipinski definition) is 2. The van der Waals surface area contributed by atoms with Crippen LogP contribution in [0.3, 0.4) is 0 Å². The van der Waals surface area contributed by atoms with Crippen molar-refractivity contribution in [1.82, 2.24) is 5.32 Å². The zero-order chi connectivity index (χ0) is 15.1. The topological polar surface area (TPSA) is 75.6 Å². The van der Waals surface area contributed by atoms with Crippen molar-refractivity contribution in [1.29, 1.82) is 0 Å². The largest absolute Gasteiger partial charge is 0.481 e. The van der Waals surface area contributed by atoms with Crippen molar-refractivity contribution in [3.63, 3.8) is 0 Å². The molecule has 2 unspecified atom stereocenters. The van der Waals surface area contributed by atoms with Crippen LogP contribution in [0.25, 0.3) is 0 Å².